The number of nitrogens with zero attached hydrogens (tertiary/aromatic N) is 1. The maximum atomic E-state index is 4.96. The first-order valence-corrected chi connectivity index (χ1v) is 11.9. The lowest BCUT2D eigenvalue weighted by molar-refractivity contribution is 1.31. The summed E-state index contributed by atoms with van der Waals surface area (Å²) >= 11 is 0. The van der Waals surface area contributed by atoms with E-state index in [-0.39, 0.29) is 0 Å². The number of nitrogens with one attached hydrogen (secondary N) is 1. The van der Waals surface area contributed by atoms with Gasteiger partial charge in [0.1, 0.15) is 5.82 Å². The summed E-state index contributed by atoms with van der Waals surface area (Å²) in [6.07, 6.45) is 0. The Bertz CT molecular complexity index is 931. The predicted octanol–water partition coefficient (Wildman–Crippen LogP) is 5.10. The molecule has 0 saturated heterocycles. The maximum Gasteiger partial charge on any atom is 0.138 e. The van der Waals surface area contributed by atoms with Gasteiger partial charge in [-0.1, -0.05) is 103 Å². The molecule has 1 aromatic heterocycles. The molecular weight excluding hydrogens is 332 g/mol. The lowest BCUT2D eigenvalue weighted by Crippen LogP contribution is -2.21. The molecule has 0 aliphatic rings. The van der Waals surface area contributed by atoms with Crippen molar-refractivity contribution in [1.82, 2.24) is 9.97 Å². The third kappa shape index (κ3) is 3.26. The fourth-order valence-corrected chi connectivity index (χ4v) is 4.12. The van der Waals surface area contributed by atoms with E-state index in [2.05, 4.69) is 90.9 Å². The van der Waals surface area contributed by atoms with Crippen LogP contribution in [0, 0.1) is 0 Å². The second kappa shape index (κ2) is 7.14. The van der Waals surface area contributed by atoms with Crippen LogP contribution in [-0.2, 0) is 0 Å². The zero-order valence-corrected chi connectivity index (χ0v) is 16.3. The van der Waals surface area contributed by atoms with Crippen LogP contribution < -0.4 is 5.19 Å². The van der Waals surface area contributed by atoms with Crippen LogP contribution >= 0.6 is 0 Å². The van der Waals surface area contributed by atoms with Crippen molar-refractivity contribution in [3.05, 3.63) is 84.9 Å². The van der Waals surface area contributed by atoms with E-state index < -0.39 is 8.80 Å². The van der Waals surface area contributed by atoms with Crippen molar-refractivity contribution in [1.29, 1.82) is 0 Å². The van der Waals surface area contributed by atoms with Gasteiger partial charge in [0.2, 0.25) is 0 Å². The molecule has 0 bridgehead atoms. The molecule has 0 unspecified atom stereocenters. The van der Waals surface area contributed by atoms with Gasteiger partial charge in [0, 0.05) is 16.7 Å². The third-order valence-electron chi connectivity index (χ3n) is 4.66. The average molecular weight is 355 g/mol. The molecule has 0 radical (unpaired) electrons. The molecule has 4 rings (SSSR count). The second-order valence-corrected chi connectivity index (χ2v) is 9.79. The van der Waals surface area contributed by atoms with Gasteiger partial charge in [-0.3, -0.25) is 0 Å². The molecule has 0 aliphatic carbocycles. The molecule has 0 atom stereocenters. The lowest BCUT2D eigenvalue weighted by atomic mass is 10.1. The molecule has 0 spiro atoms. The van der Waals surface area contributed by atoms with Gasteiger partial charge in [0.05, 0.1) is 20.2 Å². The van der Waals surface area contributed by atoms with Gasteiger partial charge in [-0.15, -0.1) is 0 Å². The Hall–Kier alpha value is -2.91. The summed E-state index contributed by atoms with van der Waals surface area (Å²) in [4.78, 5) is 8.52. The Balaban J connectivity index is 1.83. The van der Waals surface area contributed by atoms with E-state index in [1.54, 1.807) is 0 Å². The van der Waals surface area contributed by atoms with E-state index in [1.165, 1.54) is 5.19 Å². The van der Waals surface area contributed by atoms with E-state index in [4.69, 9.17) is 4.98 Å². The first-order valence-electron chi connectivity index (χ1n) is 9.03. The third-order valence-corrected chi connectivity index (χ3v) is 6.38. The normalized spacial score (nSPS) is 11.0. The number of rotatable bonds is 4. The minimum atomic E-state index is -0.777. The summed E-state index contributed by atoms with van der Waals surface area (Å²) in [6.45, 7) is 4.70. The molecule has 4 aromatic rings. The summed E-state index contributed by atoms with van der Waals surface area (Å²) in [5, 5.41) is 1.48. The van der Waals surface area contributed by atoms with Crippen molar-refractivity contribution in [2.75, 3.05) is 0 Å². The first kappa shape index (κ1) is 16.5. The van der Waals surface area contributed by atoms with Crippen molar-refractivity contribution in [3.8, 4) is 33.9 Å². The molecule has 1 N–H and O–H groups in total. The SMILES string of the molecule is C[SiH](C)c1ccc(-c2nc(-c3ccccc3)c(-c3ccccc3)[nH]2)cc1. The highest BCUT2D eigenvalue weighted by atomic mass is 28.3. The number of H-pyrrole nitrogens is 1. The molecule has 0 amide bonds. The van der Waals surface area contributed by atoms with Crippen LogP contribution in [0.4, 0.5) is 0 Å². The van der Waals surface area contributed by atoms with Gasteiger partial charge in [-0.2, -0.15) is 0 Å². The molecule has 0 aliphatic heterocycles. The van der Waals surface area contributed by atoms with Crippen molar-refractivity contribution in [2.45, 2.75) is 13.1 Å². The van der Waals surface area contributed by atoms with Crippen LogP contribution in [0.1, 0.15) is 0 Å². The van der Waals surface area contributed by atoms with Crippen molar-refractivity contribution < 1.29 is 0 Å². The van der Waals surface area contributed by atoms with Crippen LogP contribution in [0.25, 0.3) is 33.9 Å². The number of imidazole rings is 1. The minimum Gasteiger partial charge on any atom is -0.337 e. The minimum absolute atomic E-state index is 0.777. The smallest absolute Gasteiger partial charge is 0.138 e. The van der Waals surface area contributed by atoms with Gasteiger partial charge in [-0.05, 0) is 0 Å². The number of hydrogen-bond donors (Lipinski definition) is 1. The van der Waals surface area contributed by atoms with Crippen molar-refractivity contribution in [3.63, 3.8) is 0 Å². The van der Waals surface area contributed by atoms with Gasteiger partial charge < -0.3 is 4.98 Å². The molecule has 0 fully saturated rings. The molecule has 128 valence electrons. The van der Waals surface area contributed by atoms with Crippen LogP contribution in [0.2, 0.25) is 13.1 Å². The van der Waals surface area contributed by atoms with Crippen LogP contribution in [0.5, 0.6) is 0 Å². The van der Waals surface area contributed by atoms with E-state index in [9.17, 15) is 0 Å². The number of benzene rings is 3. The monoisotopic (exact) mass is 354 g/mol. The first-order chi connectivity index (χ1) is 12.7. The molecule has 1 heterocycles. The summed E-state index contributed by atoms with van der Waals surface area (Å²) in [5.41, 5.74) is 5.46. The number of aromatic amines is 1. The van der Waals surface area contributed by atoms with Gasteiger partial charge in [0.25, 0.3) is 0 Å². The Labute approximate surface area is 156 Å². The molecule has 3 heteroatoms. The van der Waals surface area contributed by atoms with E-state index in [0.29, 0.717) is 0 Å². The van der Waals surface area contributed by atoms with Gasteiger partial charge in [-0.25, -0.2) is 4.98 Å². The quantitative estimate of drug-likeness (QED) is 0.507. The Morgan fingerprint density at radius 1 is 0.654 bits per heavy atom. The molecular formula is C23H22N2Si. The molecule has 3 aromatic carbocycles. The summed E-state index contributed by atoms with van der Waals surface area (Å²) < 4.78 is 0. The van der Waals surface area contributed by atoms with Crippen LogP contribution in [0.3, 0.4) is 0 Å². The van der Waals surface area contributed by atoms with E-state index in [0.717, 1.165) is 33.9 Å². The largest absolute Gasteiger partial charge is 0.337 e. The summed E-state index contributed by atoms with van der Waals surface area (Å²) in [7, 11) is -0.777. The number of hydrogen-bond acceptors (Lipinski definition) is 1. The van der Waals surface area contributed by atoms with Crippen molar-refractivity contribution >= 4 is 14.0 Å². The highest BCUT2D eigenvalue weighted by Gasteiger charge is 2.15. The Morgan fingerprint density at radius 3 is 1.81 bits per heavy atom. The zero-order chi connectivity index (χ0) is 17.9. The van der Waals surface area contributed by atoms with Crippen LogP contribution in [-0.4, -0.2) is 18.8 Å². The number of aromatic nitrogens is 2. The van der Waals surface area contributed by atoms with Crippen molar-refractivity contribution in [2.24, 2.45) is 0 Å². The van der Waals surface area contributed by atoms with Gasteiger partial charge in [0.15, 0.2) is 0 Å². The lowest BCUT2D eigenvalue weighted by Gasteiger charge is -2.04. The van der Waals surface area contributed by atoms with Crippen LogP contribution in [0.15, 0.2) is 84.9 Å². The van der Waals surface area contributed by atoms with E-state index >= 15 is 0 Å². The fraction of sp³-hybridized carbons (Fsp3) is 0.0870. The summed E-state index contributed by atoms with van der Waals surface area (Å²) in [6, 6.07) is 29.6. The second-order valence-electron chi connectivity index (χ2n) is 6.82. The Kier molecular flexibility index (Phi) is 4.55. The maximum absolute atomic E-state index is 4.96. The molecule has 26 heavy (non-hydrogen) atoms. The standard InChI is InChI=1S/C23H22N2Si/c1-26(2)20-15-13-19(14-16-20)23-24-21(17-9-5-3-6-10-17)22(25-23)18-11-7-4-8-12-18/h3-16,26H,1-2H3,(H,24,25). The Morgan fingerprint density at radius 2 is 1.23 bits per heavy atom. The van der Waals surface area contributed by atoms with Gasteiger partial charge >= 0.3 is 0 Å². The predicted molar refractivity (Wildman–Crippen MR) is 113 cm³/mol. The zero-order valence-electron chi connectivity index (χ0n) is 15.1. The molecule has 2 nitrogen and oxygen atoms in total. The fourth-order valence-electron chi connectivity index (χ4n) is 3.15. The highest BCUT2D eigenvalue weighted by molar-refractivity contribution is 6.70. The highest BCUT2D eigenvalue weighted by Crippen LogP contribution is 2.32. The van der Waals surface area contributed by atoms with E-state index in [1.807, 2.05) is 12.1 Å². The average Bonchev–Trinajstić information content (AvgIpc) is 3.15. The summed E-state index contributed by atoms with van der Waals surface area (Å²) in [5.74, 6) is 0.916. The topological polar surface area (TPSA) is 28.7 Å². The molecule has 0 saturated carbocycles.